The highest BCUT2D eigenvalue weighted by molar-refractivity contribution is 7.80. The number of carbonyl (C=O) groups is 5. The monoisotopic (exact) mass is 1040 g/mol. The number of Topliss-reactive ketones (excluding diaryl/α,β-unsaturated/α-hetero) is 1. The summed E-state index contributed by atoms with van der Waals surface area (Å²) in [5.41, 5.74) is 0.548. The van der Waals surface area contributed by atoms with Gasteiger partial charge in [0, 0.05) is 13.0 Å². The Morgan fingerprint density at radius 1 is 0.438 bits per heavy atom. The van der Waals surface area contributed by atoms with Crippen LogP contribution in [0.1, 0.15) is 109 Å². The third kappa shape index (κ3) is 26.3. The van der Waals surface area contributed by atoms with Crippen LogP contribution in [-0.4, -0.2) is 159 Å². The van der Waals surface area contributed by atoms with Crippen molar-refractivity contribution in [3.05, 3.63) is 108 Å². The molecule has 1 fully saturated rings. The van der Waals surface area contributed by atoms with E-state index in [2.05, 4.69) is 12.6 Å². The summed E-state index contributed by atoms with van der Waals surface area (Å²) < 4.78 is 69.8. The maximum Gasteiger partial charge on any atom is 0.338 e. The molecule has 4 rings (SSSR count). The van der Waals surface area contributed by atoms with Gasteiger partial charge in [-0.25, -0.2) is 14.4 Å². The zero-order valence-electron chi connectivity index (χ0n) is 42.3. The second-order valence-electron chi connectivity index (χ2n) is 17.1. The molecule has 0 aliphatic carbocycles. The summed E-state index contributed by atoms with van der Waals surface area (Å²) in [5.74, 6) is -2.48. The molecule has 0 amide bonds. The predicted molar refractivity (Wildman–Crippen MR) is 273 cm³/mol. The van der Waals surface area contributed by atoms with Gasteiger partial charge in [-0.3, -0.25) is 4.79 Å². The molecule has 73 heavy (non-hydrogen) atoms. The highest BCUT2D eigenvalue weighted by Crippen LogP contribution is 2.31. The molecular formula is C55H76O17S. The van der Waals surface area contributed by atoms with E-state index < -0.39 is 61.2 Å². The van der Waals surface area contributed by atoms with Gasteiger partial charge in [0.25, 0.3) is 0 Å². The van der Waals surface area contributed by atoms with E-state index in [9.17, 15) is 24.0 Å². The minimum atomic E-state index is -1.57. The Morgan fingerprint density at radius 3 is 1.29 bits per heavy atom. The van der Waals surface area contributed by atoms with Crippen LogP contribution in [0.15, 0.2) is 91.0 Å². The molecule has 1 aliphatic heterocycles. The zero-order chi connectivity index (χ0) is 52.0. The van der Waals surface area contributed by atoms with Crippen molar-refractivity contribution < 1.29 is 80.8 Å². The molecule has 3 aromatic rings. The van der Waals surface area contributed by atoms with E-state index in [-0.39, 0.29) is 61.7 Å². The zero-order valence-corrected chi connectivity index (χ0v) is 43.2. The molecule has 17 nitrogen and oxygen atoms in total. The highest BCUT2D eigenvalue weighted by atomic mass is 32.1. The van der Waals surface area contributed by atoms with Crippen LogP contribution in [0.4, 0.5) is 0 Å². The maximum absolute atomic E-state index is 13.8. The topological polar surface area (TPSA) is 196 Å². The SMILES string of the molecule is CC(=O)CCC(=O)O[C@H]1[C@H](OC(=O)c2ccccc2)[C@@H](OC(=O)c2ccccc2)[C@H](OCCOCCOCCOCCOCCOCCOCCCCCCCCCCCS)O[C@@H]1COC(=O)c1ccccc1. The second kappa shape index (κ2) is 38.8. The van der Waals surface area contributed by atoms with Crippen LogP contribution in [0.3, 0.4) is 0 Å². The molecule has 1 heterocycles. The summed E-state index contributed by atoms with van der Waals surface area (Å²) in [5, 5.41) is 0. The first kappa shape index (κ1) is 60.8. The number of benzene rings is 3. The Balaban J connectivity index is 1.21. The summed E-state index contributed by atoms with van der Waals surface area (Å²) >= 11 is 4.26. The smallest absolute Gasteiger partial charge is 0.338 e. The van der Waals surface area contributed by atoms with Gasteiger partial charge in [-0.15, -0.1) is 0 Å². The molecule has 0 bridgehead atoms. The number of hydrogen-bond acceptors (Lipinski definition) is 18. The highest BCUT2D eigenvalue weighted by Gasteiger charge is 2.53. The van der Waals surface area contributed by atoms with Crippen LogP contribution in [0.2, 0.25) is 0 Å². The van der Waals surface area contributed by atoms with E-state index in [4.69, 9.17) is 56.8 Å². The largest absolute Gasteiger partial charge is 0.459 e. The van der Waals surface area contributed by atoms with Gasteiger partial charge < -0.3 is 61.6 Å². The van der Waals surface area contributed by atoms with E-state index >= 15 is 0 Å². The summed E-state index contributed by atoms with van der Waals surface area (Å²) in [4.78, 5) is 65.7. The summed E-state index contributed by atoms with van der Waals surface area (Å²) in [6, 6.07) is 24.3. The molecule has 3 aromatic carbocycles. The summed E-state index contributed by atoms with van der Waals surface area (Å²) in [6.45, 7) is 5.61. The normalized spacial score (nSPS) is 17.4. The summed E-state index contributed by atoms with van der Waals surface area (Å²) in [7, 11) is 0. The van der Waals surface area contributed by atoms with Gasteiger partial charge in [-0.1, -0.05) is 99.5 Å². The molecule has 1 aliphatic rings. The van der Waals surface area contributed by atoms with E-state index in [1.165, 1.54) is 82.6 Å². The van der Waals surface area contributed by atoms with Crippen LogP contribution < -0.4 is 0 Å². The molecule has 0 saturated carbocycles. The quantitative estimate of drug-likeness (QED) is 0.0249. The fraction of sp³-hybridized carbons (Fsp3) is 0.582. The van der Waals surface area contributed by atoms with Crippen LogP contribution in [0.5, 0.6) is 0 Å². The summed E-state index contributed by atoms with van der Waals surface area (Å²) in [6.07, 6.45) is 3.51. The molecule has 5 atom stereocenters. The van der Waals surface area contributed by atoms with Gasteiger partial charge in [0.05, 0.1) is 102 Å². The minimum absolute atomic E-state index is 0.0384. The molecule has 18 heteroatoms. The fourth-order valence-electron chi connectivity index (χ4n) is 7.36. The Labute approximate surface area is 435 Å². The van der Waals surface area contributed by atoms with Crippen LogP contribution >= 0.6 is 12.6 Å². The lowest BCUT2D eigenvalue weighted by atomic mass is 9.97. The third-order valence-electron chi connectivity index (χ3n) is 11.2. The van der Waals surface area contributed by atoms with Gasteiger partial charge >= 0.3 is 23.9 Å². The maximum atomic E-state index is 13.8. The van der Waals surface area contributed by atoms with Crippen LogP contribution in [0.25, 0.3) is 0 Å². The van der Waals surface area contributed by atoms with E-state index in [0.717, 1.165) is 18.8 Å². The van der Waals surface area contributed by atoms with Crippen molar-refractivity contribution in [2.75, 3.05) is 98.2 Å². The van der Waals surface area contributed by atoms with Crippen LogP contribution in [0, 0.1) is 0 Å². The molecule has 404 valence electrons. The number of ether oxygens (including phenoxy) is 12. The molecule has 0 aromatic heterocycles. The number of thiol groups is 1. The van der Waals surface area contributed by atoms with Gasteiger partial charge in [0.1, 0.15) is 18.5 Å². The average molecular weight is 1040 g/mol. The molecule has 1 saturated heterocycles. The number of carbonyl (C=O) groups excluding carboxylic acids is 5. The first-order valence-electron chi connectivity index (χ1n) is 25.5. The van der Waals surface area contributed by atoms with E-state index in [1.54, 1.807) is 66.7 Å². The molecule has 0 N–H and O–H groups in total. The molecular weight excluding hydrogens is 965 g/mol. The van der Waals surface area contributed by atoms with Crippen molar-refractivity contribution in [2.24, 2.45) is 0 Å². The van der Waals surface area contributed by atoms with Crippen molar-refractivity contribution in [3.63, 3.8) is 0 Å². The van der Waals surface area contributed by atoms with Gasteiger partial charge in [-0.05, 0) is 61.9 Å². The van der Waals surface area contributed by atoms with Crippen molar-refractivity contribution in [1.82, 2.24) is 0 Å². The lowest BCUT2D eigenvalue weighted by molar-refractivity contribution is -0.302. The fourth-order valence-corrected chi connectivity index (χ4v) is 7.59. The molecule has 0 unspecified atom stereocenters. The number of ketones is 1. The van der Waals surface area contributed by atoms with Crippen LogP contribution in [-0.2, 0) is 66.4 Å². The molecule has 0 radical (unpaired) electrons. The van der Waals surface area contributed by atoms with Crippen molar-refractivity contribution in [2.45, 2.75) is 108 Å². The number of rotatable bonds is 41. The first-order valence-corrected chi connectivity index (χ1v) is 26.2. The van der Waals surface area contributed by atoms with Crippen molar-refractivity contribution in [1.29, 1.82) is 0 Å². The Hall–Kier alpha value is -4.76. The molecule has 0 spiro atoms. The Kier molecular flexibility index (Phi) is 32.3. The standard InChI is InChI=1S/C55H76O17S/c1-43(56)26-27-48(57)70-49-47(42-68-52(58)44-20-12-9-13-21-44)69-55(51(72-54(60)46-24-16-11-17-25-46)50(49)71-53(59)45-22-14-10-15-23-45)67-40-39-66-38-37-65-36-35-64-34-33-63-32-31-62-30-29-61-28-18-7-5-3-2-4-6-8-19-41-73/h9-17,20-25,47,49-51,55,73H,2-8,18-19,26-42H2,1H3/t47-,49-,50+,51-,55-/m1/s1. The third-order valence-corrected chi connectivity index (χ3v) is 11.6. The van der Waals surface area contributed by atoms with Gasteiger partial charge in [-0.2, -0.15) is 12.6 Å². The lowest BCUT2D eigenvalue weighted by Crippen LogP contribution is -2.63. The average Bonchev–Trinajstić information content (AvgIpc) is 3.41. The first-order chi connectivity index (χ1) is 35.8. The number of hydrogen-bond donors (Lipinski definition) is 1. The van der Waals surface area contributed by atoms with Gasteiger partial charge in [0.2, 0.25) is 0 Å². The number of unbranched alkanes of at least 4 members (excludes halogenated alkanes) is 8. The second-order valence-corrected chi connectivity index (χ2v) is 17.5. The minimum Gasteiger partial charge on any atom is -0.459 e. The van der Waals surface area contributed by atoms with Crippen molar-refractivity contribution in [3.8, 4) is 0 Å². The Morgan fingerprint density at radius 2 is 0.836 bits per heavy atom. The Bertz CT molecular complexity index is 1940. The predicted octanol–water partition coefficient (Wildman–Crippen LogP) is 7.86. The van der Waals surface area contributed by atoms with Crippen molar-refractivity contribution >= 4 is 42.3 Å². The van der Waals surface area contributed by atoms with Gasteiger partial charge in [0.15, 0.2) is 24.6 Å². The van der Waals surface area contributed by atoms with E-state index in [1.807, 2.05) is 0 Å². The lowest BCUT2D eigenvalue weighted by Gasteiger charge is -2.44. The van der Waals surface area contributed by atoms with E-state index in [0.29, 0.717) is 52.9 Å². The number of esters is 4.